The Hall–Kier alpha value is -3.11. The molecule has 0 atom stereocenters. The summed E-state index contributed by atoms with van der Waals surface area (Å²) in [5.74, 6) is 2.89. The van der Waals surface area contributed by atoms with Crippen LogP contribution in [0.3, 0.4) is 0 Å². The average molecular weight is 487 g/mol. The largest absolute Gasteiger partial charge is 0.496 e. The number of carbonyl (C=O) groups excluding carboxylic acids is 1. The smallest absolute Gasteiger partial charge is 0.224 e. The Bertz CT molecular complexity index is 1190. The van der Waals surface area contributed by atoms with Gasteiger partial charge in [0.15, 0.2) is 10.6 Å². The van der Waals surface area contributed by atoms with Crippen LogP contribution in [0.4, 0.5) is 0 Å². The fraction of sp³-hybridized carbons (Fsp3) is 0.348. The van der Waals surface area contributed by atoms with Crippen molar-refractivity contribution in [3.05, 3.63) is 46.1 Å². The van der Waals surface area contributed by atoms with Crippen LogP contribution in [0.5, 0.6) is 17.2 Å². The molecule has 1 aliphatic rings. The maximum Gasteiger partial charge on any atom is 0.224 e. The van der Waals surface area contributed by atoms with Crippen LogP contribution in [0.2, 0.25) is 0 Å². The van der Waals surface area contributed by atoms with Gasteiger partial charge in [0.1, 0.15) is 17.2 Å². The minimum absolute atomic E-state index is 0.0826. The Kier molecular flexibility index (Phi) is 7.14. The summed E-state index contributed by atoms with van der Waals surface area (Å²) in [5.41, 5.74) is 1.99. The van der Waals surface area contributed by atoms with E-state index in [1.807, 2.05) is 39.1 Å². The Morgan fingerprint density at radius 1 is 1.21 bits per heavy atom. The summed E-state index contributed by atoms with van der Waals surface area (Å²) in [6.07, 6.45) is 3.12. The zero-order chi connectivity index (χ0) is 23.4. The SMILES string of the molecule is COc1cc(OC)c(C2=CCN(C(=O)CCn3c(-c4cccs4)n[nH]c3=S)CC2)c(OC)c1. The van der Waals surface area contributed by atoms with Crippen molar-refractivity contribution >= 4 is 35.0 Å². The molecule has 0 spiro atoms. The van der Waals surface area contributed by atoms with Crippen LogP contribution in [-0.2, 0) is 11.3 Å². The second kappa shape index (κ2) is 10.2. The highest BCUT2D eigenvalue weighted by molar-refractivity contribution is 7.71. The van der Waals surface area contributed by atoms with Crippen molar-refractivity contribution in [2.75, 3.05) is 34.4 Å². The van der Waals surface area contributed by atoms with E-state index in [1.54, 1.807) is 32.7 Å². The van der Waals surface area contributed by atoms with E-state index in [2.05, 4.69) is 16.3 Å². The summed E-state index contributed by atoms with van der Waals surface area (Å²) in [4.78, 5) is 15.8. The molecule has 0 radical (unpaired) electrons. The molecule has 3 aromatic rings. The summed E-state index contributed by atoms with van der Waals surface area (Å²) >= 11 is 6.96. The molecule has 0 saturated heterocycles. The van der Waals surface area contributed by atoms with Crippen molar-refractivity contribution in [1.29, 1.82) is 0 Å². The first-order valence-electron chi connectivity index (χ1n) is 10.5. The van der Waals surface area contributed by atoms with Gasteiger partial charge in [0, 0.05) is 38.2 Å². The number of nitrogens with one attached hydrogen (secondary N) is 1. The number of benzene rings is 1. The molecular weight excluding hydrogens is 460 g/mol. The number of thiophene rings is 1. The van der Waals surface area contributed by atoms with Crippen LogP contribution < -0.4 is 14.2 Å². The summed E-state index contributed by atoms with van der Waals surface area (Å²) in [5, 5.41) is 9.16. The number of carbonyl (C=O) groups is 1. The number of ether oxygens (including phenoxy) is 3. The summed E-state index contributed by atoms with van der Waals surface area (Å²) in [6, 6.07) is 7.65. The lowest BCUT2D eigenvalue weighted by molar-refractivity contribution is -0.131. The summed E-state index contributed by atoms with van der Waals surface area (Å²) in [6.45, 7) is 1.63. The number of nitrogens with zero attached hydrogens (tertiary/aromatic N) is 3. The molecule has 0 bridgehead atoms. The molecule has 0 unspecified atom stereocenters. The molecule has 4 rings (SSSR count). The van der Waals surface area contributed by atoms with Crippen LogP contribution in [0.15, 0.2) is 35.7 Å². The van der Waals surface area contributed by atoms with E-state index < -0.39 is 0 Å². The number of hydrogen-bond donors (Lipinski definition) is 1. The molecule has 1 aliphatic heterocycles. The minimum atomic E-state index is 0.0826. The van der Waals surface area contributed by atoms with Gasteiger partial charge in [-0.15, -0.1) is 11.3 Å². The van der Waals surface area contributed by atoms with E-state index >= 15 is 0 Å². The number of amides is 1. The third-order valence-electron chi connectivity index (χ3n) is 5.65. The van der Waals surface area contributed by atoms with Crippen molar-refractivity contribution in [3.8, 4) is 28.0 Å². The first-order chi connectivity index (χ1) is 16.0. The van der Waals surface area contributed by atoms with E-state index in [1.165, 1.54) is 0 Å². The van der Waals surface area contributed by atoms with Gasteiger partial charge in [-0.25, -0.2) is 0 Å². The molecule has 8 nitrogen and oxygen atoms in total. The van der Waals surface area contributed by atoms with Crippen LogP contribution in [0, 0.1) is 4.77 Å². The lowest BCUT2D eigenvalue weighted by Crippen LogP contribution is -2.35. The maximum absolute atomic E-state index is 12.9. The molecule has 2 aromatic heterocycles. The van der Waals surface area contributed by atoms with Crippen LogP contribution in [-0.4, -0.2) is 60.0 Å². The summed E-state index contributed by atoms with van der Waals surface area (Å²) < 4.78 is 18.9. The topological polar surface area (TPSA) is 81.6 Å². The highest BCUT2D eigenvalue weighted by atomic mass is 32.1. The fourth-order valence-corrected chi connectivity index (χ4v) is 4.87. The number of H-pyrrole nitrogens is 1. The molecule has 1 amide bonds. The van der Waals surface area contributed by atoms with Crippen LogP contribution in [0.1, 0.15) is 18.4 Å². The molecule has 174 valence electrons. The van der Waals surface area contributed by atoms with E-state index in [0.29, 0.717) is 54.5 Å². The van der Waals surface area contributed by atoms with Crippen molar-refractivity contribution in [2.24, 2.45) is 0 Å². The quantitative estimate of drug-likeness (QED) is 0.475. The van der Waals surface area contributed by atoms with Crippen molar-refractivity contribution in [1.82, 2.24) is 19.7 Å². The molecule has 33 heavy (non-hydrogen) atoms. The molecular formula is C23H26N4O4S2. The minimum Gasteiger partial charge on any atom is -0.496 e. The van der Waals surface area contributed by atoms with E-state index in [9.17, 15) is 4.79 Å². The monoisotopic (exact) mass is 486 g/mol. The number of aromatic amines is 1. The number of aromatic nitrogens is 3. The number of rotatable bonds is 8. The normalized spacial score (nSPS) is 13.5. The molecule has 1 aromatic carbocycles. The highest BCUT2D eigenvalue weighted by Crippen LogP contribution is 2.40. The Morgan fingerprint density at radius 3 is 2.55 bits per heavy atom. The maximum atomic E-state index is 12.9. The third kappa shape index (κ3) is 4.81. The number of hydrogen-bond acceptors (Lipinski definition) is 7. The van der Waals surface area contributed by atoms with Gasteiger partial charge in [0.05, 0.1) is 31.8 Å². The van der Waals surface area contributed by atoms with E-state index in [4.69, 9.17) is 26.4 Å². The lowest BCUT2D eigenvalue weighted by atomic mass is 9.97. The van der Waals surface area contributed by atoms with Gasteiger partial charge in [0.2, 0.25) is 5.91 Å². The average Bonchev–Trinajstić information content (AvgIpc) is 3.51. The van der Waals surface area contributed by atoms with Crippen molar-refractivity contribution in [2.45, 2.75) is 19.4 Å². The van der Waals surface area contributed by atoms with E-state index in [0.717, 1.165) is 21.8 Å². The molecule has 3 heterocycles. The van der Waals surface area contributed by atoms with Crippen LogP contribution >= 0.6 is 23.6 Å². The zero-order valence-corrected chi connectivity index (χ0v) is 20.4. The molecule has 0 fully saturated rings. The van der Waals surface area contributed by atoms with Gasteiger partial charge in [-0.1, -0.05) is 12.1 Å². The van der Waals surface area contributed by atoms with Gasteiger partial charge in [-0.05, 0) is 35.7 Å². The van der Waals surface area contributed by atoms with Gasteiger partial charge in [-0.2, -0.15) is 5.10 Å². The van der Waals surface area contributed by atoms with Gasteiger partial charge in [0.25, 0.3) is 0 Å². The second-order valence-corrected chi connectivity index (χ2v) is 8.79. The predicted octanol–water partition coefficient (Wildman–Crippen LogP) is 4.40. The Balaban J connectivity index is 1.46. The van der Waals surface area contributed by atoms with E-state index in [-0.39, 0.29) is 5.91 Å². The number of methoxy groups -OCH3 is 3. The highest BCUT2D eigenvalue weighted by Gasteiger charge is 2.23. The third-order valence-corrected chi connectivity index (χ3v) is 6.82. The van der Waals surface area contributed by atoms with Crippen molar-refractivity contribution < 1.29 is 19.0 Å². The summed E-state index contributed by atoms with van der Waals surface area (Å²) in [7, 11) is 4.86. The standard InChI is InChI=1S/C23H26N4O4S2/c1-29-16-13-17(30-2)21(18(14-16)31-3)15-6-9-26(10-7-15)20(28)8-11-27-22(24-25-23(27)32)19-5-4-12-33-19/h4-6,12-14H,7-11H2,1-3H3,(H,25,32). The van der Waals surface area contributed by atoms with Gasteiger partial charge >= 0.3 is 0 Å². The van der Waals surface area contributed by atoms with Crippen LogP contribution in [0.25, 0.3) is 16.3 Å². The zero-order valence-electron chi connectivity index (χ0n) is 18.8. The molecule has 0 saturated carbocycles. The fourth-order valence-electron chi connectivity index (χ4n) is 3.93. The predicted molar refractivity (Wildman–Crippen MR) is 131 cm³/mol. The lowest BCUT2D eigenvalue weighted by Gasteiger charge is -2.28. The molecule has 0 aliphatic carbocycles. The first kappa shape index (κ1) is 23.1. The van der Waals surface area contributed by atoms with Gasteiger partial charge in [-0.3, -0.25) is 14.5 Å². The van der Waals surface area contributed by atoms with Gasteiger partial charge < -0.3 is 19.1 Å². The Morgan fingerprint density at radius 2 is 1.97 bits per heavy atom. The molecule has 10 heteroatoms. The van der Waals surface area contributed by atoms with Crippen molar-refractivity contribution in [3.63, 3.8) is 0 Å². The second-order valence-electron chi connectivity index (χ2n) is 7.46. The Labute approximate surface area is 201 Å². The molecule has 1 N–H and O–H groups in total. The first-order valence-corrected chi connectivity index (χ1v) is 11.8.